The molecule has 0 aliphatic carbocycles. The Hall–Kier alpha value is -1.26. The third-order valence-electron chi connectivity index (χ3n) is 1.94. The molecule has 2 rings (SSSR count). The minimum atomic E-state index is -0.999. The molecule has 0 atom stereocenters. The molecular weight excluding hydrogens is 239 g/mol. The van der Waals surface area contributed by atoms with Crippen LogP contribution in [0.5, 0.6) is 0 Å². The van der Waals surface area contributed by atoms with Gasteiger partial charge in [0.2, 0.25) is 0 Å². The summed E-state index contributed by atoms with van der Waals surface area (Å²) in [5.74, 6) is -0.999. The van der Waals surface area contributed by atoms with Gasteiger partial charge in [-0.05, 0) is 12.1 Å². The zero-order valence-electron chi connectivity index (χ0n) is 7.44. The lowest BCUT2D eigenvalue weighted by Crippen LogP contribution is -2.09. The van der Waals surface area contributed by atoms with Gasteiger partial charge in [-0.15, -0.1) is 0 Å². The van der Waals surface area contributed by atoms with Crippen molar-refractivity contribution >= 4 is 40.1 Å². The average molecular weight is 245 g/mol. The van der Waals surface area contributed by atoms with Gasteiger partial charge in [0.15, 0.2) is 0 Å². The highest BCUT2D eigenvalue weighted by Crippen LogP contribution is 2.29. The summed E-state index contributed by atoms with van der Waals surface area (Å²) in [4.78, 5) is 10.5. The molecule has 1 N–H and O–H groups in total. The van der Waals surface area contributed by atoms with Crippen molar-refractivity contribution in [3.8, 4) is 0 Å². The Balaban J connectivity index is 2.64. The number of aliphatic carboxylic acids is 1. The SMILES string of the molecule is O=C(O)Cn1nc2cccc(Cl)c2c1Cl. The van der Waals surface area contributed by atoms with Gasteiger partial charge in [0.05, 0.1) is 15.9 Å². The quantitative estimate of drug-likeness (QED) is 0.883. The van der Waals surface area contributed by atoms with Gasteiger partial charge in [0.25, 0.3) is 0 Å². The predicted molar refractivity (Wildman–Crippen MR) is 57.4 cm³/mol. The van der Waals surface area contributed by atoms with E-state index in [0.717, 1.165) is 0 Å². The summed E-state index contributed by atoms with van der Waals surface area (Å²) in [6, 6.07) is 5.15. The Morgan fingerprint density at radius 3 is 2.80 bits per heavy atom. The number of hydrogen-bond acceptors (Lipinski definition) is 2. The zero-order chi connectivity index (χ0) is 11.0. The van der Waals surface area contributed by atoms with Crippen molar-refractivity contribution in [1.29, 1.82) is 0 Å². The topological polar surface area (TPSA) is 55.1 Å². The van der Waals surface area contributed by atoms with Crippen LogP contribution >= 0.6 is 23.2 Å². The molecule has 0 aliphatic rings. The molecule has 15 heavy (non-hydrogen) atoms. The lowest BCUT2D eigenvalue weighted by molar-refractivity contribution is -0.137. The van der Waals surface area contributed by atoms with Crippen LogP contribution in [-0.2, 0) is 11.3 Å². The number of carbonyl (C=O) groups is 1. The Labute approximate surface area is 95.0 Å². The Morgan fingerprint density at radius 1 is 1.47 bits per heavy atom. The van der Waals surface area contributed by atoms with E-state index in [4.69, 9.17) is 28.3 Å². The van der Waals surface area contributed by atoms with E-state index in [1.807, 2.05) is 0 Å². The van der Waals surface area contributed by atoms with E-state index in [1.54, 1.807) is 18.2 Å². The second-order valence-electron chi connectivity index (χ2n) is 2.98. The van der Waals surface area contributed by atoms with Crippen LogP contribution in [0.2, 0.25) is 10.2 Å². The fraction of sp³-hybridized carbons (Fsp3) is 0.111. The molecule has 4 nitrogen and oxygen atoms in total. The number of fused-ring (bicyclic) bond motifs is 1. The number of carboxylic acids is 1. The number of benzene rings is 1. The summed E-state index contributed by atoms with van der Waals surface area (Å²) in [6.45, 7) is -0.274. The largest absolute Gasteiger partial charge is 0.480 e. The predicted octanol–water partition coefficient (Wildman–Crippen LogP) is 2.43. The maximum Gasteiger partial charge on any atom is 0.325 e. The van der Waals surface area contributed by atoms with E-state index in [9.17, 15) is 4.79 Å². The van der Waals surface area contributed by atoms with Crippen LogP contribution < -0.4 is 0 Å². The van der Waals surface area contributed by atoms with E-state index < -0.39 is 5.97 Å². The van der Waals surface area contributed by atoms with Gasteiger partial charge in [-0.1, -0.05) is 29.3 Å². The number of carboxylic acid groups (broad SMARTS) is 1. The van der Waals surface area contributed by atoms with Crippen molar-refractivity contribution in [2.24, 2.45) is 0 Å². The molecule has 0 radical (unpaired) electrons. The molecule has 6 heteroatoms. The Bertz CT molecular complexity index is 536. The molecule has 1 aromatic heterocycles. The standard InChI is InChI=1S/C9H6Cl2N2O2/c10-5-2-1-3-6-8(5)9(11)13(12-6)4-7(14)15/h1-3H,4H2,(H,14,15). The van der Waals surface area contributed by atoms with Gasteiger partial charge in [-0.25, -0.2) is 4.68 Å². The molecule has 0 spiro atoms. The maximum atomic E-state index is 10.5. The Kier molecular flexibility index (Phi) is 2.54. The third kappa shape index (κ3) is 1.78. The number of rotatable bonds is 2. The molecule has 0 amide bonds. The van der Waals surface area contributed by atoms with Crippen molar-refractivity contribution in [2.75, 3.05) is 0 Å². The second kappa shape index (κ2) is 3.72. The van der Waals surface area contributed by atoms with Crippen LogP contribution in [0.3, 0.4) is 0 Å². The van der Waals surface area contributed by atoms with Crippen molar-refractivity contribution in [2.45, 2.75) is 6.54 Å². The minimum absolute atomic E-state index is 0.248. The molecular formula is C9H6Cl2N2O2. The van der Waals surface area contributed by atoms with Gasteiger partial charge in [-0.3, -0.25) is 4.79 Å². The summed E-state index contributed by atoms with van der Waals surface area (Å²) in [5.41, 5.74) is 0.591. The minimum Gasteiger partial charge on any atom is -0.480 e. The van der Waals surface area contributed by atoms with Crippen LogP contribution in [0.1, 0.15) is 0 Å². The van der Waals surface area contributed by atoms with Crippen LogP contribution in [0.4, 0.5) is 0 Å². The average Bonchev–Trinajstić information content (AvgIpc) is 2.44. The highest BCUT2D eigenvalue weighted by Gasteiger charge is 2.13. The van der Waals surface area contributed by atoms with Gasteiger partial charge < -0.3 is 5.11 Å². The number of hydrogen-bond donors (Lipinski definition) is 1. The summed E-state index contributed by atoms with van der Waals surface area (Å²) in [7, 11) is 0. The van der Waals surface area contributed by atoms with Crippen LogP contribution in [0, 0.1) is 0 Å². The summed E-state index contributed by atoms with van der Waals surface area (Å²) < 4.78 is 1.21. The number of nitrogens with zero attached hydrogens (tertiary/aromatic N) is 2. The van der Waals surface area contributed by atoms with Crippen molar-refractivity contribution < 1.29 is 9.90 Å². The first-order valence-corrected chi connectivity index (χ1v) is 4.87. The zero-order valence-corrected chi connectivity index (χ0v) is 8.96. The van der Waals surface area contributed by atoms with Crippen LogP contribution in [0.15, 0.2) is 18.2 Å². The number of aromatic nitrogens is 2. The number of halogens is 2. The lowest BCUT2D eigenvalue weighted by atomic mass is 10.3. The van der Waals surface area contributed by atoms with E-state index >= 15 is 0 Å². The second-order valence-corrected chi connectivity index (χ2v) is 3.74. The highest BCUT2D eigenvalue weighted by atomic mass is 35.5. The lowest BCUT2D eigenvalue weighted by Gasteiger charge is -1.96. The molecule has 0 unspecified atom stereocenters. The fourth-order valence-electron chi connectivity index (χ4n) is 1.34. The van der Waals surface area contributed by atoms with Crippen LogP contribution in [-0.4, -0.2) is 20.9 Å². The fourth-order valence-corrected chi connectivity index (χ4v) is 1.94. The summed E-state index contributed by atoms with van der Waals surface area (Å²) in [5, 5.41) is 14.0. The first-order chi connectivity index (χ1) is 7.09. The first-order valence-electron chi connectivity index (χ1n) is 4.12. The highest BCUT2D eigenvalue weighted by molar-refractivity contribution is 6.41. The van der Waals surface area contributed by atoms with Gasteiger partial charge in [0.1, 0.15) is 11.7 Å². The molecule has 78 valence electrons. The van der Waals surface area contributed by atoms with Crippen molar-refractivity contribution in [3.63, 3.8) is 0 Å². The monoisotopic (exact) mass is 244 g/mol. The first kappa shape index (κ1) is 10.3. The molecule has 0 fully saturated rings. The van der Waals surface area contributed by atoms with Gasteiger partial charge >= 0.3 is 5.97 Å². The molecule has 0 bridgehead atoms. The van der Waals surface area contributed by atoms with E-state index in [2.05, 4.69) is 5.10 Å². The normalized spacial score (nSPS) is 10.8. The summed E-state index contributed by atoms with van der Waals surface area (Å²) in [6.07, 6.45) is 0. The van der Waals surface area contributed by atoms with Crippen molar-refractivity contribution in [3.05, 3.63) is 28.4 Å². The molecule has 1 heterocycles. The van der Waals surface area contributed by atoms with Gasteiger partial charge in [-0.2, -0.15) is 5.10 Å². The van der Waals surface area contributed by atoms with E-state index in [0.29, 0.717) is 15.9 Å². The van der Waals surface area contributed by atoms with Gasteiger partial charge in [0, 0.05) is 0 Å². The van der Waals surface area contributed by atoms with E-state index in [-0.39, 0.29) is 11.7 Å². The maximum absolute atomic E-state index is 10.5. The molecule has 0 aliphatic heterocycles. The van der Waals surface area contributed by atoms with Crippen LogP contribution in [0.25, 0.3) is 10.9 Å². The molecule has 2 aromatic rings. The van der Waals surface area contributed by atoms with E-state index in [1.165, 1.54) is 4.68 Å². The summed E-state index contributed by atoms with van der Waals surface area (Å²) >= 11 is 11.9. The smallest absolute Gasteiger partial charge is 0.325 e. The van der Waals surface area contributed by atoms with Crippen molar-refractivity contribution in [1.82, 2.24) is 9.78 Å². The molecule has 1 aromatic carbocycles. The molecule has 0 saturated carbocycles. The molecule has 0 saturated heterocycles. The Morgan fingerprint density at radius 2 is 2.20 bits per heavy atom. The third-order valence-corrected chi connectivity index (χ3v) is 2.64.